The highest BCUT2D eigenvalue weighted by molar-refractivity contribution is 5.78. The number of hydrogen-bond acceptors (Lipinski definition) is 9. The molecule has 0 aromatic heterocycles. The van der Waals surface area contributed by atoms with Crippen LogP contribution in [0.4, 0.5) is 0 Å². The molecule has 338 valence electrons. The van der Waals surface area contributed by atoms with Crippen molar-refractivity contribution in [2.45, 2.75) is 233 Å². The normalized spacial score (nSPS) is 11.7. The van der Waals surface area contributed by atoms with Crippen LogP contribution in [0.25, 0.3) is 0 Å². The molecule has 1 aromatic carbocycles. The highest BCUT2D eigenvalue weighted by Crippen LogP contribution is 2.18. The van der Waals surface area contributed by atoms with Gasteiger partial charge in [-0.05, 0) is 43.4 Å². The number of benzene rings is 1. The fraction of sp³-hybridized carbons (Fsp3) is 0.780. The fourth-order valence-corrected chi connectivity index (χ4v) is 7.22. The van der Waals surface area contributed by atoms with Gasteiger partial charge in [0.05, 0.1) is 0 Å². The lowest BCUT2D eigenvalue weighted by molar-refractivity contribution is -0.167. The van der Waals surface area contributed by atoms with E-state index in [1.165, 1.54) is 135 Å². The van der Waals surface area contributed by atoms with Crippen LogP contribution in [0.3, 0.4) is 0 Å². The Bertz CT molecular complexity index is 1180. The van der Waals surface area contributed by atoms with E-state index in [0.717, 1.165) is 44.1 Å². The summed E-state index contributed by atoms with van der Waals surface area (Å²) in [7, 11) is 0. The van der Waals surface area contributed by atoms with Gasteiger partial charge < -0.3 is 18.9 Å². The van der Waals surface area contributed by atoms with Crippen molar-refractivity contribution in [3.63, 3.8) is 0 Å². The number of esters is 4. The molecule has 0 amide bonds. The molecule has 1 atom stereocenters. The molecule has 9 nitrogen and oxygen atoms in total. The molecule has 59 heavy (non-hydrogen) atoms. The fourth-order valence-electron chi connectivity index (χ4n) is 7.22. The molecule has 0 saturated carbocycles. The molecule has 1 aromatic rings. The lowest BCUT2D eigenvalue weighted by atomic mass is 10.0. The third-order valence-electron chi connectivity index (χ3n) is 10.8. The molecule has 1 rings (SSSR count). The van der Waals surface area contributed by atoms with Crippen LogP contribution in [0, 0.1) is 5.92 Å². The van der Waals surface area contributed by atoms with E-state index in [1.807, 2.05) is 0 Å². The van der Waals surface area contributed by atoms with Gasteiger partial charge in [0.1, 0.15) is 24.7 Å². The summed E-state index contributed by atoms with van der Waals surface area (Å²) in [4.78, 5) is 62.1. The summed E-state index contributed by atoms with van der Waals surface area (Å²) < 4.78 is 22.0. The van der Waals surface area contributed by atoms with E-state index in [-0.39, 0.29) is 62.5 Å². The van der Waals surface area contributed by atoms with Gasteiger partial charge in [0, 0.05) is 32.1 Å². The summed E-state index contributed by atoms with van der Waals surface area (Å²) in [5, 5.41) is 0. The molecule has 0 heterocycles. The summed E-state index contributed by atoms with van der Waals surface area (Å²) in [5.41, 5.74) is 0.832. The average molecular weight is 829 g/mol. The van der Waals surface area contributed by atoms with E-state index in [2.05, 4.69) is 13.8 Å². The van der Waals surface area contributed by atoms with E-state index in [9.17, 15) is 24.0 Å². The van der Waals surface area contributed by atoms with Crippen LogP contribution in [0.2, 0.25) is 0 Å². The Labute approximate surface area is 359 Å². The zero-order valence-electron chi connectivity index (χ0n) is 38.0. The van der Waals surface area contributed by atoms with Crippen LogP contribution in [-0.2, 0) is 44.6 Å². The van der Waals surface area contributed by atoms with Crippen LogP contribution >= 0.6 is 0 Å². The van der Waals surface area contributed by atoms with Gasteiger partial charge in [-0.1, -0.05) is 187 Å². The minimum absolute atomic E-state index is 0.0167. The molecular weight excluding hydrogens is 745 g/mol. The Morgan fingerprint density at radius 3 is 1.20 bits per heavy atom. The molecule has 0 spiro atoms. The Morgan fingerprint density at radius 1 is 0.475 bits per heavy atom. The highest BCUT2D eigenvalue weighted by Gasteiger charge is 2.22. The van der Waals surface area contributed by atoms with Gasteiger partial charge in [-0.3, -0.25) is 24.0 Å². The second-order valence-corrected chi connectivity index (χ2v) is 17.0. The van der Waals surface area contributed by atoms with Crippen molar-refractivity contribution in [1.82, 2.24) is 0 Å². The number of ketones is 1. The number of unbranched alkanes of at least 4 members (excludes halogenated alkanes) is 24. The maximum absolute atomic E-state index is 13.0. The van der Waals surface area contributed by atoms with Gasteiger partial charge in [-0.2, -0.15) is 0 Å². The minimum Gasteiger partial charge on any atom is -0.462 e. The zero-order valence-corrected chi connectivity index (χ0v) is 38.0. The number of carbonyl (C=O) groups excluding carboxylic acids is 5. The molecule has 0 N–H and O–H groups in total. The van der Waals surface area contributed by atoms with E-state index >= 15 is 0 Å². The van der Waals surface area contributed by atoms with Crippen LogP contribution in [0.15, 0.2) is 24.3 Å². The maximum atomic E-state index is 13.0. The summed E-state index contributed by atoms with van der Waals surface area (Å²) in [6.07, 6.45) is 31.5. The standard InChI is InChI=1S/C50H84O9/c1-5-7-9-11-13-15-17-19-21-23-25-27-29-31-47(52)56-40-46(41-57-48(53)32-30-28-26-24-22-20-18-16-14-12-10-8-6-2)59-50(55)38-42(3)37-49(54)58-45-35-33-44(34-36-45)39-43(4)51/h33-36,42,46H,5-32,37-41H2,1-4H3. The third kappa shape index (κ3) is 34.2. The van der Waals surface area contributed by atoms with Gasteiger partial charge in [0.2, 0.25) is 0 Å². The Hall–Kier alpha value is -3.23. The van der Waals surface area contributed by atoms with Crippen LogP contribution in [0.1, 0.15) is 226 Å². The Morgan fingerprint density at radius 2 is 0.831 bits per heavy atom. The molecule has 1 unspecified atom stereocenters. The van der Waals surface area contributed by atoms with Crippen molar-refractivity contribution in [2.24, 2.45) is 5.92 Å². The van der Waals surface area contributed by atoms with Crippen molar-refractivity contribution in [3.05, 3.63) is 29.8 Å². The molecule has 0 bridgehead atoms. The van der Waals surface area contributed by atoms with E-state index < -0.39 is 18.0 Å². The highest BCUT2D eigenvalue weighted by atomic mass is 16.6. The lowest BCUT2D eigenvalue weighted by Crippen LogP contribution is -2.31. The SMILES string of the molecule is CCCCCCCCCCCCCCCC(=O)OCC(COC(=O)CCCCCCCCCCCCCCC)OC(=O)CC(C)CC(=O)Oc1ccc(CC(C)=O)cc1. The predicted molar refractivity (Wildman–Crippen MR) is 237 cm³/mol. The second kappa shape index (κ2) is 37.7. The van der Waals surface area contributed by atoms with Gasteiger partial charge in [-0.15, -0.1) is 0 Å². The van der Waals surface area contributed by atoms with Gasteiger partial charge in [-0.25, -0.2) is 0 Å². The zero-order chi connectivity index (χ0) is 43.2. The lowest BCUT2D eigenvalue weighted by Gasteiger charge is -2.19. The molecule has 0 fully saturated rings. The van der Waals surface area contributed by atoms with Crippen molar-refractivity contribution in [1.29, 1.82) is 0 Å². The largest absolute Gasteiger partial charge is 0.462 e. The summed E-state index contributed by atoms with van der Waals surface area (Å²) in [5.74, 6) is -1.78. The first-order valence-electron chi connectivity index (χ1n) is 23.9. The molecule has 0 aliphatic rings. The average Bonchev–Trinajstić information content (AvgIpc) is 3.19. The monoisotopic (exact) mass is 829 g/mol. The first kappa shape index (κ1) is 53.8. The van der Waals surface area contributed by atoms with Crippen molar-refractivity contribution in [3.8, 4) is 5.75 Å². The van der Waals surface area contributed by atoms with E-state index in [0.29, 0.717) is 12.2 Å². The molecule has 9 heteroatoms. The van der Waals surface area contributed by atoms with E-state index in [1.54, 1.807) is 31.2 Å². The van der Waals surface area contributed by atoms with E-state index in [4.69, 9.17) is 18.9 Å². The number of rotatable bonds is 40. The van der Waals surface area contributed by atoms with Crippen molar-refractivity contribution >= 4 is 29.7 Å². The quantitative estimate of drug-likeness (QED) is 0.0275. The van der Waals surface area contributed by atoms with Crippen molar-refractivity contribution < 1.29 is 42.9 Å². The first-order valence-corrected chi connectivity index (χ1v) is 23.9. The summed E-state index contributed by atoms with van der Waals surface area (Å²) >= 11 is 0. The Balaban J connectivity index is 2.45. The molecule has 0 aliphatic heterocycles. The molecule has 0 aliphatic carbocycles. The molecular formula is C50H84O9. The summed E-state index contributed by atoms with van der Waals surface area (Å²) in [6.45, 7) is 7.36. The third-order valence-corrected chi connectivity index (χ3v) is 10.8. The number of carbonyl (C=O) groups is 5. The van der Waals surface area contributed by atoms with Crippen LogP contribution in [-0.4, -0.2) is 49.0 Å². The van der Waals surface area contributed by atoms with Crippen LogP contribution in [0.5, 0.6) is 5.75 Å². The van der Waals surface area contributed by atoms with Gasteiger partial charge in [0.25, 0.3) is 0 Å². The van der Waals surface area contributed by atoms with Gasteiger partial charge >= 0.3 is 23.9 Å². The molecule has 0 saturated heterocycles. The topological polar surface area (TPSA) is 122 Å². The maximum Gasteiger partial charge on any atom is 0.311 e. The Kier molecular flexibility index (Phi) is 34.4. The first-order chi connectivity index (χ1) is 28.6. The smallest absolute Gasteiger partial charge is 0.311 e. The number of Topliss-reactive ketones (excluding diaryl/α,β-unsaturated/α-hetero) is 1. The van der Waals surface area contributed by atoms with Gasteiger partial charge in [0.15, 0.2) is 6.10 Å². The number of ether oxygens (including phenoxy) is 4. The predicted octanol–water partition coefficient (Wildman–Crippen LogP) is 13.1. The molecule has 0 radical (unpaired) electrons. The van der Waals surface area contributed by atoms with Crippen molar-refractivity contribution in [2.75, 3.05) is 13.2 Å². The van der Waals surface area contributed by atoms with Crippen LogP contribution < -0.4 is 4.74 Å². The number of hydrogen-bond donors (Lipinski definition) is 0. The minimum atomic E-state index is -0.943. The second-order valence-electron chi connectivity index (χ2n) is 17.0. The summed E-state index contributed by atoms with van der Waals surface area (Å²) in [6, 6.07) is 6.76.